The number of aliphatic carboxylic acids is 5. The fraction of sp³-hybridized carbons (Fsp3) is 0.146. The van der Waals surface area contributed by atoms with Crippen molar-refractivity contribution in [2.24, 2.45) is 0 Å². The van der Waals surface area contributed by atoms with Gasteiger partial charge in [0.15, 0.2) is 27.1 Å². The summed E-state index contributed by atoms with van der Waals surface area (Å²) in [5, 5.41) is 51.7. The molecule has 13 aromatic carbocycles. The first-order chi connectivity index (χ1) is 61.6. The first-order valence-corrected chi connectivity index (χ1v) is 42.3. The maximum atomic E-state index is 13.1. The minimum Gasteiger partial charge on any atom is -0.497 e. The molecular formula is C103H84BrCl2N5O17. The van der Waals surface area contributed by atoms with Crippen molar-refractivity contribution in [1.82, 2.24) is 22.8 Å². The largest absolute Gasteiger partial charge is 0.497 e. The van der Waals surface area contributed by atoms with Crippen molar-refractivity contribution in [2.75, 3.05) is 14.2 Å². The molecule has 22 nitrogen and oxygen atoms in total. The molecule has 25 heteroatoms. The van der Waals surface area contributed by atoms with Crippen LogP contribution in [0.2, 0.25) is 10.0 Å². The van der Waals surface area contributed by atoms with E-state index in [2.05, 4.69) is 60.1 Å². The SMILES string of the molecule is CC(C)c1ccc(-c2ccc3c(c2)c(=O)c2ccccc2n3CC(=O)O)cc1.COc1cccc(CCc2ccc3c(c2)c(=O)c2ccccc2n3CC(=O)O)c1.COc1ccccc1CCc1ccc2c(c1)c(=O)c1ccccc1n2CC(=O)O.Cc1ccc2c(=O)c3ccc(Br)cc3n(CC(=O)O)c2c1.O=C(O)Cn1c2ccccc2c(=O)c2c(Cl)c(Cl)ccc21. The van der Waals surface area contributed by atoms with Gasteiger partial charge in [-0.25, -0.2) is 0 Å². The van der Waals surface area contributed by atoms with Crippen LogP contribution in [0.4, 0.5) is 0 Å². The molecule has 18 rings (SSSR count). The summed E-state index contributed by atoms with van der Waals surface area (Å²) in [5.74, 6) is -2.64. The van der Waals surface area contributed by atoms with E-state index in [1.54, 1.807) is 152 Å². The van der Waals surface area contributed by atoms with E-state index in [1.807, 2.05) is 134 Å². The van der Waals surface area contributed by atoms with Gasteiger partial charge >= 0.3 is 29.8 Å². The third-order valence-electron chi connectivity index (χ3n) is 22.3. The van der Waals surface area contributed by atoms with Crippen LogP contribution < -0.4 is 36.6 Å². The Balaban J connectivity index is 0.000000130. The van der Waals surface area contributed by atoms with E-state index >= 15 is 0 Å². The maximum absolute atomic E-state index is 13.1. The topological polar surface area (TPSA) is 315 Å². The number of nitrogens with zero attached hydrogens (tertiary/aromatic N) is 5. The Kier molecular flexibility index (Phi) is 27.4. The molecule has 0 fully saturated rings. The summed E-state index contributed by atoms with van der Waals surface area (Å²) >= 11 is 15.5. The van der Waals surface area contributed by atoms with E-state index in [4.69, 9.17) is 37.8 Å². The molecule has 0 aliphatic heterocycles. The Morgan fingerprint density at radius 3 is 1.19 bits per heavy atom. The van der Waals surface area contributed by atoms with Crippen molar-refractivity contribution in [3.63, 3.8) is 0 Å². The van der Waals surface area contributed by atoms with Crippen LogP contribution in [0.1, 0.15) is 53.1 Å². The number of methoxy groups -OCH3 is 2. The molecule has 0 spiro atoms. The number of para-hydroxylation sites is 5. The minimum atomic E-state index is -1.00. The van der Waals surface area contributed by atoms with E-state index in [1.165, 1.54) is 5.56 Å². The second-order valence-corrected chi connectivity index (χ2v) is 32.6. The Hall–Kier alpha value is -14.8. The van der Waals surface area contributed by atoms with E-state index in [0.29, 0.717) is 110 Å². The van der Waals surface area contributed by atoms with E-state index in [9.17, 15) is 68.4 Å². The highest BCUT2D eigenvalue weighted by Gasteiger charge is 2.22. The lowest BCUT2D eigenvalue weighted by molar-refractivity contribution is -0.138. The number of pyridine rings is 5. The number of benzene rings is 13. The fourth-order valence-corrected chi connectivity index (χ4v) is 17.0. The van der Waals surface area contributed by atoms with Gasteiger partial charge in [-0.05, 0) is 229 Å². The lowest BCUT2D eigenvalue weighted by Crippen LogP contribution is -2.16. The number of rotatable bonds is 20. The smallest absolute Gasteiger partial charge is 0.323 e. The van der Waals surface area contributed by atoms with Crippen LogP contribution in [0, 0.1) is 6.92 Å². The third-order valence-corrected chi connectivity index (χ3v) is 23.6. The molecule has 0 atom stereocenters. The van der Waals surface area contributed by atoms with Crippen molar-refractivity contribution in [3.8, 4) is 22.6 Å². The van der Waals surface area contributed by atoms with Gasteiger partial charge in [-0.15, -0.1) is 0 Å². The van der Waals surface area contributed by atoms with Crippen molar-refractivity contribution in [3.05, 3.63) is 372 Å². The lowest BCUT2D eigenvalue weighted by Gasteiger charge is -2.14. The van der Waals surface area contributed by atoms with Gasteiger partial charge in [0, 0.05) is 52.9 Å². The normalized spacial score (nSPS) is 11.2. The number of aromatic nitrogens is 5. The average Bonchev–Trinajstić information content (AvgIpc) is 0.748. The molecule has 0 amide bonds. The summed E-state index contributed by atoms with van der Waals surface area (Å²) < 4.78 is 19.8. The third kappa shape index (κ3) is 19.4. The molecule has 5 aromatic heterocycles. The summed E-state index contributed by atoms with van der Waals surface area (Å²) in [4.78, 5) is 121. The van der Waals surface area contributed by atoms with Crippen LogP contribution in [0.5, 0.6) is 11.5 Å². The van der Waals surface area contributed by atoms with E-state index in [-0.39, 0.29) is 75.3 Å². The molecule has 128 heavy (non-hydrogen) atoms. The average molecular weight is 1810 g/mol. The molecule has 0 aliphatic carbocycles. The molecule has 5 heterocycles. The standard InChI is InChI=1S/2C24H21NO4.C24H21NO3.C16H12BrNO3.C15H9Cl2NO3/c1-29-22-9-5-2-6-17(22)12-10-16-11-13-21-19(14-16)24(28)18-7-3-4-8-20(18)25(21)15-23(26)27;1-29-18-6-4-5-16(13-18)9-10-17-11-12-22-20(14-17)24(28)19-7-2-3-8-21(19)25(22)15-23(26)27;1-15(2)16-7-9-17(10-8-16)18-11-12-22-20(13-18)24(28)19-5-3-4-6-21(19)25(22)14-23(26)27;1-9-2-4-11-13(6-9)18(8-15(19)20)14-7-10(17)3-5-12(14)16(11)21;16-9-5-6-11-13(14(9)17)15(21)8-3-1-2-4-10(8)18(11)7-12(19)20/h2-9,11,13-14H,10,12,15H2,1H3,(H,26,27);2-8,11-14H,9-10,15H2,1H3,(H,26,27);3-13,15H,14H2,1-2H3,(H,26,27);2-7H,8H2,1H3,(H,19,20);1-6H,7H2,(H,19,20). The van der Waals surface area contributed by atoms with Crippen LogP contribution in [0.15, 0.2) is 301 Å². The van der Waals surface area contributed by atoms with Gasteiger partial charge in [-0.1, -0.05) is 180 Å². The molecule has 18 aromatic rings. The number of carboxylic acids is 5. The molecule has 0 unspecified atom stereocenters. The number of halogens is 3. The Morgan fingerprint density at radius 2 is 0.711 bits per heavy atom. The number of aryl methyl sites for hydroxylation is 5. The molecule has 0 aliphatic rings. The highest BCUT2D eigenvalue weighted by Crippen LogP contribution is 2.34. The first kappa shape index (κ1) is 89.5. The summed E-state index contributed by atoms with van der Waals surface area (Å²) in [7, 11) is 3.31. The number of carbonyl (C=O) groups is 5. The van der Waals surface area contributed by atoms with Crippen molar-refractivity contribution < 1.29 is 59.0 Å². The van der Waals surface area contributed by atoms with Crippen LogP contribution in [-0.4, -0.2) is 92.4 Å². The van der Waals surface area contributed by atoms with Crippen molar-refractivity contribution >= 4 is 178 Å². The molecular weight excluding hydrogens is 1730 g/mol. The van der Waals surface area contributed by atoms with Gasteiger partial charge in [-0.2, -0.15) is 0 Å². The van der Waals surface area contributed by atoms with Crippen LogP contribution in [0.3, 0.4) is 0 Å². The first-order valence-electron chi connectivity index (χ1n) is 40.8. The predicted octanol–water partition coefficient (Wildman–Crippen LogP) is 20.0. The molecule has 0 bridgehead atoms. The zero-order chi connectivity index (χ0) is 90.9. The van der Waals surface area contributed by atoms with Gasteiger partial charge in [-0.3, -0.25) is 47.9 Å². The Labute approximate surface area is 748 Å². The predicted molar refractivity (Wildman–Crippen MR) is 510 cm³/mol. The van der Waals surface area contributed by atoms with Crippen LogP contribution >= 0.6 is 39.1 Å². The zero-order valence-corrected chi connectivity index (χ0v) is 73.0. The molecule has 0 saturated carbocycles. The molecule has 0 saturated heterocycles. The summed E-state index contributed by atoms with van der Waals surface area (Å²) in [6.07, 6.45) is 3.13. The highest BCUT2D eigenvalue weighted by molar-refractivity contribution is 9.10. The number of hydrogen-bond acceptors (Lipinski definition) is 12. The summed E-state index contributed by atoms with van der Waals surface area (Å²) in [6.45, 7) is 5.18. The van der Waals surface area contributed by atoms with Gasteiger partial charge < -0.3 is 57.8 Å². The fourth-order valence-electron chi connectivity index (χ4n) is 16.3. The van der Waals surface area contributed by atoms with Gasteiger partial charge in [0.1, 0.15) is 44.2 Å². The Bertz CT molecular complexity index is 7750. The number of ether oxygens (including phenoxy) is 2. The van der Waals surface area contributed by atoms with E-state index in [0.717, 1.165) is 80.6 Å². The van der Waals surface area contributed by atoms with Crippen LogP contribution in [-0.2, 0) is 82.4 Å². The Morgan fingerprint density at radius 1 is 0.336 bits per heavy atom. The molecule has 0 radical (unpaired) electrons. The zero-order valence-electron chi connectivity index (χ0n) is 69.9. The second-order valence-electron chi connectivity index (χ2n) is 30.9. The molecule has 5 N–H and O–H groups in total. The van der Waals surface area contributed by atoms with Crippen molar-refractivity contribution in [2.45, 2.75) is 85.1 Å². The quantitative estimate of drug-likeness (QED) is 0.0443. The van der Waals surface area contributed by atoms with Gasteiger partial charge in [0.25, 0.3) is 0 Å². The van der Waals surface area contributed by atoms with E-state index < -0.39 is 29.8 Å². The maximum Gasteiger partial charge on any atom is 0.323 e. The van der Waals surface area contributed by atoms with Crippen molar-refractivity contribution in [1.29, 1.82) is 0 Å². The lowest BCUT2D eigenvalue weighted by atomic mass is 9.97. The molecule has 644 valence electrons. The number of fused-ring (bicyclic) bond motifs is 10. The second kappa shape index (κ2) is 39.2. The highest BCUT2D eigenvalue weighted by atomic mass is 79.9. The van der Waals surface area contributed by atoms with Crippen LogP contribution in [0.25, 0.3) is 120 Å². The summed E-state index contributed by atoms with van der Waals surface area (Å²) in [6, 6.07) is 83.4. The summed E-state index contributed by atoms with van der Waals surface area (Å²) in [5.41, 5.74) is 14.1. The number of carboxylic acid groups (broad SMARTS) is 5. The minimum absolute atomic E-state index is 0.0690. The number of hydrogen-bond donors (Lipinski definition) is 5. The monoisotopic (exact) mass is 1810 g/mol. The van der Waals surface area contributed by atoms with Gasteiger partial charge in [0.2, 0.25) is 0 Å². The van der Waals surface area contributed by atoms with Gasteiger partial charge in [0.05, 0.1) is 84.8 Å².